The number of hydrogen-bond donors (Lipinski definition) is 0. The van der Waals surface area contributed by atoms with Crippen LogP contribution in [0.3, 0.4) is 0 Å². The highest BCUT2D eigenvalue weighted by Gasteiger charge is 1.96. The number of rotatable bonds is 10. The summed E-state index contributed by atoms with van der Waals surface area (Å²) < 4.78 is 0. The Labute approximate surface area is 141 Å². The van der Waals surface area contributed by atoms with Crippen molar-refractivity contribution in [2.45, 2.75) is 44.9 Å². The van der Waals surface area contributed by atoms with Gasteiger partial charge in [-0.25, -0.2) is 0 Å². The highest BCUT2D eigenvalue weighted by atomic mass is 14.0. The van der Waals surface area contributed by atoms with Gasteiger partial charge < -0.3 is 0 Å². The predicted molar refractivity (Wildman–Crippen MR) is 104 cm³/mol. The summed E-state index contributed by atoms with van der Waals surface area (Å²) in [6, 6.07) is 17.5. The van der Waals surface area contributed by atoms with E-state index in [-0.39, 0.29) is 0 Å². The molecule has 0 atom stereocenters. The standard InChI is InChI=1S/C23H28/c1-3-20-12-16-22(17-13-20)10-8-6-5-7-9-11-23-18-14-21(4-2)15-19-23/h3-4,12-19H,1-2,5-11H2. The summed E-state index contributed by atoms with van der Waals surface area (Å²) in [5.41, 5.74) is 5.29. The summed E-state index contributed by atoms with van der Waals surface area (Å²) in [6.07, 6.45) is 12.8. The topological polar surface area (TPSA) is 0 Å². The fourth-order valence-electron chi connectivity index (χ4n) is 2.83. The molecule has 2 aromatic rings. The molecule has 0 N–H and O–H groups in total. The quantitative estimate of drug-likeness (QED) is 0.428. The fourth-order valence-corrected chi connectivity index (χ4v) is 2.83. The minimum Gasteiger partial charge on any atom is -0.0985 e. The summed E-state index contributed by atoms with van der Waals surface area (Å²) in [7, 11) is 0. The van der Waals surface area contributed by atoms with E-state index in [0.717, 1.165) is 0 Å². The van der Waals surface area contributed by atoms with Crippen molar-refractivity contribution in [3.8, 4) is 0 Å². The molecule has 0 amide bonds. The number of benzene rings is 2. The zero-order valence-electron chi connectivity index (χ0n) is 14.1. The lowest BCUT2D eigenvalue weighted by Crippen LogP contribution is -1.88. The third-order valence-electron chi connectivity index (χ3n) is 4.36. The number of unbranched alkanes of at least 4 members (excludes halogenated alkanes) is 4. The Morgan fingerprint density at radius 3 is 1.22 bits per heavy atom. The van der Waals surface area contributed by atoms with Gasteiger partial charge in [0, 0.05) is 0 Å². The van der Waals surface area contributed by atoms with Crippen LogP contribution in [0.25, 0.3) is 12.2 Å². The van der Waals surface area contributed by atoms with Gasteiger partial charge in [0.05, 0.1) is 0 Å². The van der Waals surface area contributed by atoms with Crippen LogP contribution in [-0.4, -0.2) is 0 Å². The highest BCUT2D eigenvalue weighted by Crippen LogP contribution is 2.13. The van der Waals surface area contributed by atoms with Crippen molar-refractivity contribution >= 4 is 12.2 Å². The zero-order chi connectivity index (χ0) is 16.3. The van der Waals surface area contributed by atoms with E-state index in [1.54, 1.807) is 0 Å². The number of aryl methyl sites for hydroxylation is 2. The molecule has 0 aliphatic heterocycles. The van der Waals surface area contributed by atoms with Crippen molar-refractivity contribution in [2.24, 2.45) is 0 Å². The summed E-state index contributed by atoms with van der Waals surface area (Å²) in [5.74, 6) is 0. The molecule has 0 aliphatic carbocycles. The van der Waals surface area contributed by atoms with Crippen LogP contribution < -0.4 is 0 Å². The van der Waals surface area contributed by atoms with Gasteiger partial charge in [0.2, 0.25) is 0 Å². The molecule has 120 valence electrons. The van der Waals surface area contributed by atoms with Gasteiger partial charge in [0.15, 0.2) is 0 Å². The summed E-state index contributed by atoms with van der Waals surface area (Å²) in [5, 5.41) is 0. The largest absolute Gasteiger partial charge is 0.0985 e. The monoisotopic (exact) mass is 304 g/mol. The molecule has 0 unspecified atom stereocenters. The van der Waals surface area contributed by atoms with Crippen molar-refractivity contribution in [1.29, 1.82) is 0 Å². The third kappa shape index (κ3) is 6.28. The van der Waals surface area contributed by atoms with Crippen LogP contribution in [0.1, 0.15) is 54.4 Å². The molecule has 0 fully saturated rings. The molecule has 0 saturated heterocycles. The van der Waals surface area contributed by atoms with Gasteiger partial charge in [-0.15, -0.1) is 0 Å². The molecule has 0 heterocycles. The molecular formula is C23H28. The van der Waals surface area contributed by atoms with E-state index in [1.165, 1.54) is 67.2 Å². The van der Waals surface area contributed by atoms with Crippen LogP contribution in [0, 0.1) is 0 Å². The Kier molecular flexibility index (Phi) is 7.39. The maximum Gasteiger partial charge on any atom is -0.0262 e. The predicted octanol–water partition coefficient (Wildman–Crippen LogP) is 6.71. The van der Waals surface area contributed by atoms with E-state index in [0.29, 0.717) is 0 Å². The van der Waals surface area contributed by atoms with Gasteiger partial charge in [-0.3, -0.25) is 0 Å². The van der Waals surface area contributed by atoms with E-state index in [1.807, 2.05) is 12.2 Å². The summed E-state index contributed by atoms with van der Waals surface area (Å²) in [4.78, 5) is 0. The van der Waals surface area contributed by atoms with Gasteiger partial charge in [0.25, 0.3) is 0 Å². The Morgan fingerprint density at radius 2 is 0.870 bits per heavy atom. The third-order valence-corrected chi connectivity index (χ3v) is 4.36. The Balaban J connectivity index is 1.54. The molecule has 23 heavy (non-hydrogen) atoms. The van der Waals surface area contributed by atoms with Gasteiger partial charge >= 0.3 is 0 Å². The molecule has 0 saturated carbocycles. The minimum absolute atomic E-state index is 1.19. The molecule has 0 radical (unpaired) electrons. The van der Waals surface area contributed by atoms with Crippen LogP contribution in [0.2, 0.25) is 0 Å². The summed E-state index contributed by atoms with van der Waals surface area (Å²) in [6.45, 7) is 7.58. The lowest BCUT2D eigenvalue weighted by molar-refractivity contribution is 0.613. The first kappa shape index (κ1) is 17.3. The van der Waals surface area contributed by atoms with Crippen LogP contribution in [0.15, 0.2) is 61.7 Å². The SMILES string of the molecule is C=Cc1ccc(CCCCCCCc2ccc(C=C)cc2)cc1. The van der Waals surface area contributed by atoms with E-state index >= 15 is 0 Å². The molecule has 0 nitrogen and oxygen atoms in total. The van der Waals surface area contributed by atoms with Crippen LogP contribution in [0.5, 0.6) is 0 Å². The molecule has 0 heteroatoms. The fraction of sp³-hybridized carbons (Fsp3) is 0.304. The molecule has 2 aromatic carbocycles. The van der Waals surface area contributed by atoms with Gasteiger partial charge in [-0.1, -0.05) is 93.1 Å². The zero-order valence-corrected chi connectivity index (χ0v) is 14.1. The highest BCUT2D eigenvalue weighted by molar-refractivity contribution is 5.47. The number of hydrogen-bond acceptors (Lipinski definition) is 0. The van der Waals surface area contributed by atoms with Crippen molar-refractivity contribution in [3.63, 3.8) is 0 Å². The maximum atomic E-state index is 3.79. The van der Waals surface area contributed by atoms with Gasteiger partial charge in [-0.2, -0.15) is 0 Å². The smallest absolute Gasteiger partial charge is 0.0262 e. The lowest BCUT2D eigenvalue weighted by Gasteiger charge is -2.04. The average Bonchev–Trinajstić information content (AvgIpc) is 2.62. The summed E-state index contributed by atoms with van der Waals surface area (Å²) >= 11 is 0. The Bertz CT molecular complexity index is 531. The second-order valence-corrected chi connectivity index (χ2v) is 6.16. The van der Waals surface area contributed by atoms with Crippen LogP contribution >= 0.6 is 0 Å². The van der Waals surface area contributed by atoms with Crippen molar-refractivity contribution in [2.75, 3.05) is 0 Å². The Hall–Kier alpha value is -2.08. The van der Waals surface area contributed by atoms with Gasteiger partial charge in [-0.05, 0) is 47.9 Å². The van der Waals surface area contributed by atoms with Crippen molar-refractivity contribution in [1.82, 2.24) is 0 Å². The average molecular weight is 304 g/mol. The minimum atomic E-state index is 1.19. The molecule has 0 aromatic heterocycles. The van der Waals surface area contributed by atoms with Gasteiger partial charge in [0.1, 0.15) is 0 Å². The van der Waals surface area contributed by atoms with E-state index in [9.17, 15) is 0 Å². The van der Waals surface area contributed by atoms with E-state index < -0.39 is 0 Å². The molecule has 0 bridgehead atoms. The molecular weight excluding hydrogens is 276 g/mol. The second kappa shape index (κ2) is 9.84. The molecule has 0 aliphatic rings. The van der Waals surface area contributed by atoms with Crippen LogP contribution in [-0.2, 0) is 12.8 Å². The normalized spacial score (nSPS) is 10.4. The first-order chi connectivity index (χ1) is 11.3. The Morgan fingerprint density at radius 1 is 0.522 bits per heavy atom. The molecule has 2 rings (SSSR count). The second-order valence-electron chi connectivity index (χ2n) is 6.16. The van der Waals surface area contributed by atoms with Crippen molar-refractivity contribution in [3.05, 3.63) is 83.9 Å². The lowest BCUT2D eigenvalue weighted by atomic mass is 10.0. The molecule has 0 spiro atoms. The van der Waals surface area contributed by atoms with E-state index in [2.05, 4.69) is 61.7 Å². The maximum absolute atomic E-state index is 3.79. The van der Waals surface area contributed by atoms with Crippen molar-refractivity contribution < 1.29 is 0 Å². The van der Waals surface area contributed by atoms with E-state index in [4.69, 9.17) is 0 Å². The van der Waals surface area contributed by atoms with Crippen LogP contribution in [0.4, 0.5) is 0 Å². The first-order valence-electron chi connectivity index (χ1n) is 8.74. The first-order valence-corrected chi connectivity index (χ1v) is 8.74.